The Hall–Kier alpha value is -1.47. The average Bonchev–Trinajstić information content (AvgIpc) is 3.25. The number of hydrogen-bond acceptors (Lipinski definition) is 5. The first-order chi connectivity index (χ1) is 11.6. The van der Waals surface area contributed by atoms with Gasteiger partial charge in [-0.3, -0.25) is 9.69 Å². The standard InChI is InChI=1S/C17H29N5O2/c1-13(2)10-22-12-19-20-17(22)15-6-3-7-21(15)11-16(23)18-9-14-5-4-8-24-14/h12-15H,3-11H2,1-2H3,(H,18,23)/t14-,15-/m1/s1. The maximum Gasteiger partial charge on any atom is 0.234 e. The molecule has 2 fully saturated rings. The molecule has 24 heavy (non-hydrogen) atoms. The number of likely N-dealkylation sites (tertiary alicyclic amines) is 1. The van der Waals surface area contributed by atoms with Crippen molar-refractivity contribution in [2.24, 2.45) is 5.92 Å². The van der Waals surface area contributed by atoms with Crippen LogP contribution >= 0.6 is 0 Å². The van der Waals surface area contributed by atoms with Gasteiger partial charge in [0.05, 0.1) is 18.7 Å². The summed E-state index contributed by atoms with van der Waals surface area (Å²) in [5, 5.41) is 11.4. The zero-order valence-corrected chi connectivity index (χ0v) is 14.8. The van der Waals surface area contributed by atoms with E-state index < -0.39 is 0 Å². The Kier molecular flexibility index (Phi) is 5.84. The van der Waals surface area contributed by atoms with Crippen LogP contribution < -0.4 is 5.32 Å². The predicted octanol–water partition coefficient (Wildman–Crippen LogP) is 1.37. The number of ether oxygens (including phenoxy) is 1. The smallest absolute Gasteiger partial charge is 0.234 e. The molecule has 2 atom stereocenters. The maximum absolute atomic E-state index is 12.3. The second-order valence-electron chi connectivity index (χ2n) is 7.30. The molecule has 134 valence electrons. The molecule has 0 aromatic carbocycles. The first-order valence-corrected chi connectivity index (χ1v) is 9.13. The summed E-state index contributed by atoms with van der Waals surface area (Å²) in [6.45, 7) is 8.10. The Labute approximate surface area is 143 Å². The Bertz CT molecular complexity index is 539. The lowest BCUT2D eigenvalue weighted by Crippen LogP contribution is -2.40. The molecule has 3 rings (SSSR count). The van der Waals surface area contributed by atoms with E-state index in [1.54, 1.807) is 0 Å². The highest BCUT2D eigenvalue weighted by atomic mass is 16.5. The summed E-state index contributed by atoms with van der Waals surface area (Å²) in [5.74, 6) is 1.62. The summed E-state index contributed by atoms with van der Waals surface area (Å²) in [7, 11) is 0. The van der Waals surface area contributed by atoms with Crippen LogP contribution in [0.15, 0.2) is 6.33 Å². The van der Waals surface area contributed by atoms with E-state index in [0.29, 0.717) is 19.0 Å². The third-order valence-corrected chi connectivity index (χ3v) is 4.77. The Morgan fingerprint density at radius 3 is 3.04 bits per heavy atom. The molecule has 1 aromatic rings. The average molecular weight is 335 g/mol. The summed E-state index contributed by atoms with van der Waals surface area (Å²) in [4.78, 5) is 14.5. The minimum atomic E-state index is 0.0762. The molecule has 0 spiro atoms. The molecule has 0 saturated carbocycles. The Morgan fingerprint density at radius 2 is 2.29 bits per heavy atom. The van der Waals surface area contributed by atoms with Crippen molar-refractivity contribution in [3.8, 4) is 0 Å². The van der Waals surface area contributed by atoms with E-state index in [9.17, 15) is 4.79 Å². The highest BCUT2D eigenvalue weighted by Crippen LogP contribution is 2.30. The van der Waals surface area contributed by atoms with Crippen molar-refractivity contribution < 1.29 is 9.53 Å². The zero-order chi connectivity index (χ0) is 16.9. The molecule has 2 saturated heterocycles. The molecule has 3 heterocycles. The third kappa shape index (κ3) is 4.33. The van der Waals surface area contributed by atoms with Crippen LogP contribution in [0.5, 0.6) is 0 Å². The van der Waals surface area contributed by atoms with Crippen molar-refractivity contribution in [3.63, 3.8) is 0 Å². The van der Waals surface area contributed by atoms with Crippen LogP contribution in [0.1, 0.15) is 51.4 Å². The van der Waals surface area contributed by atoms with Gasteiger partial charge in [0.2, 0.25) is 5.91 Å². The number of aromatic nitrogens is 3. The zero-order valence-electron chi connectivity index (χ0n) is 14.8. The molecular weight excluding hydrogens is 306 g/mol. The van der Waals surface area contributed by atoms with Gasteiger partial charge in [-0.15, -0.1) is 10.2 Å². The third-order valence-electron chi connectivity index (χ3n) is 4.77. The van der Waals surface area contributed by atoms with Crippen LogP contribution in [0, 0.1) is 5.92 Å². The quantitative estimate of drug-likeness (QED) is 0.815. The van der Waals surface area contributed by atoms with E-state index >= 15 is 0 Å². The Balaban J connectivity index is 1.55. The summed E-state index contributed by atoms with van der Waals surface area (Å²) >= 11 is 0. The van der Waals surface area contributed by atoms with Gasteiger partial charge in [-0.25, -0.2) is 0 Å². The largest absolute Gasteiger partial charge is 0.376 e. The van der Waals surface area contributed by atoms with Crippen LogP contribution in [0.4, 0.5) is 0 Å². The van der Waals surface area contributed by atoms with Gasteiger partial charge in [-0.05, 0) is 38.1 Å². The van der Waals surface area contributed by atoms with Gasteiger partial charge in [0.25, 0.3) is 0 Å². The second kappa shape index (κ2) is 8.07. The fraction of sp³-hybridized carbons (Fsp3) is 0.824. The van der Waals surface area contributed by atoms with E-state index in [-0.39, 0.29) is 18.1 Å². The fourth-order valence-corrected chi connectivity index (χ4v) is 3.64. The van der Waals surface area contributed by atoms with Crippen LogP contribution in [-0.4, -0.2) is 57.9 Å². The van der Waals surface area contributed by atoms with Crippen LogP contribution in [0.25, 0.3) is 0 Å². The molecule has 2 aliphatic rings. The topological polar surface area (TPSA) is 72.3 Å². The van der Waals surface area contributed by atoms with Gasteiger partial charge < -0.3 is 14.6 Å². The molecule has 1 amide bonds. The molecule has 1 N–H and O–H groups in total. The number of carbonyl (C=O) groups is 1. The maximum atomic E-state index is 12.3. The number of hydrogen-bond donors (Lipinski definition) is 1. The molecule has 0 aliphatic carbocycles. The molecule has 0 radical (unpaired) electrons. The van der Waals surface area contributed by atoms with Crippen molar-refractivity contribution in [1.29, 1.82) is 0 Å². The monoisotopic (exact) mass is 335 g/mol. The normalized spacial score (nSPS) is 24.8. The number of nitrogens with zero attached hydrogens (tertiary/aromatic N) is 4. The van der Waals surface area contributed by atoms with Gasteiger partial charge in [0, 0.05) is 19.7 Å². The Morgan fingerprint density at radius 1 is 1.42 bits per heavy atom. The van der Waals surface area contributed by atoms with E-state index in [4.69, 9.17) is 4.74 Å². The van der Waals surface area contributed by atoms with E-state index in [1.807, 2.05) is 6.33 Å². The van der Waals surface area contributed by atoms with Gasteiger partial charge in [-0.2, -0.15) is 0 Å². The lowest BCUT2D eigenvalue weighted by molar-refractivity contribution is -0.123. The first-order valence-electron chi connectivity index (χ1n) is 9.13. The van der Waals surface area contributed by atoms with Gasteiger partial charge in [0.15, 0.2) is 0 Å². The molecule has 7 heteroatoms. The van der Waals surface area contributed by atoms with Gasteiger partial charge in [-0.1, -0.05) is 13.8 Å². The van der Waals surface area contributed by atoms with Crippen molar-refractivity contribution in [3.05, 3.63) is 12.2 Å². The molecule has 0 bridgehead atoms. The summed E-state index contributed by atoms with van der Waals surface area (Å²) in [5.41, 5.74) is 0. The molecule has 7 nitrogen and oxygen atoms in total. The minimum absolute atomic E-state index is 0.0762. The molecule has 0 unspecified atom stereocenters. The first kappa shape index (κ1) is 17.4. The minimum Gasteiger partial charge on any atom is -0.376 e. The lowest BCUT2D eigenvalue weighted by Gasteiger charge is -2.24. The summed E-state index contributed by atoms with van der Waals surface area (Å²) < 4.78 is 7.69. The second-order valence-corrected chi connectivity index (χ2v) is 7.30. The number of amides is 1. The number of rotatable bonds is 7. The van der Waals surface area contributed by atoms with Crippen LogP contribution in [-0.2, 0) is 16.1 Å². The summed E-state index contributed by atoms with van der Waals surface area (Å²) in [6, 6.07) is 0.194. The molecule has 1 aromatic heterocycles. The van der Waals surface area contributed by atoms with E-state index in [2.05, 4.69) is 38.8 Å². The predicted molar refractivity (Wildman–Crippen MR) is 90.4 cm³/mol. The SMILES string of the molecule is CC(C)Cn1cnnc1[C@H]1CCCN1CC(=O)NC[C@H]1CCCO1. The number of carbonyl (C=O) groups excluding carboxylic acids is 1. The highest BCUT2D eigenvalue weighted by molar-refractivity contribution is 5.78. The molecule has 2 aliphatic heterocycles. The van der Waals surface area contributed by atoms with E-state index in [1.165, 1.54) is 0 Å². The van der Waals surface area contributed by atoms with Crippen molar-refractivity contribution in [2.45, 2.75) is 58.2 Å². The number of nitrogens with one attached hydrogen (secondary N) is 1. The fourth-order valence-electron chi connectivity index (χ4n) is 3.64. The van der Waals surface area contributed by atoms with Crippen molar-refractivity contribution in [1.82, 2.24) is 25.0 Å². The van der Waals surface area contributed by atoms with Crippen molar-refractivity contribution >= 4 is 5.91 Å². The summed E-state index contributed by atoms with van der Waals surface area (Å²) in [6.07, 6.45) is 6.28. The van der Waals surface area contributed by atoms with E-state index in [0.717, 1.165) is 51.2 Å². The molecular formula is C17H29N5O2. The van der Waals surface area contributed by atoms with Crippen LogP contribution in [0.2, 0.25) is 0 Å². The van der Waals surface area contributed by atoms with Crippen LogP contribution in [0.3, 0.4) is 0 Å². The lowest BCUT2D eigenvalue weighted by atomic mass is 10.2. The van der Waals surface area contributed by atoms with Gasteiger partial charge in [0.1, 0.15) is 12.2 Å². The van der Waals surface area contributed by atoms with Gasteiger partial charge >= 0.3 is 0 Å². The van der Waals surface area contributed by atoms with Crippen molar-refractivity contribution in [2.75, 3.05) is 26.2 Å². The highest BCUT2D eigenvalue weighted by Gasteiger charge is 2.31.